The third-order valence-electron chi connectivity index (χ3n) is 7.63. The molecule has 7 heteroatoms. The quantitative estimate of drug-likeness (QED) is 0.417. The molecule has 176 valence electrons. The average molecular weight is 459 g/mol. The Morgan fingerprint density at radius 3 is 2.68 bits per heavy atom. The molecule has 2 aliphatic heterocycles. The Morgan fingerprint density at radius 2 is 1.94 bits per heavy atom. The van der Waals surface area contributed by atoms with Gasteiger partial charge in [-0.05, 0) is 61.6 Å². The number of aromatic amines is 1. The van der Waals surface area contributed by atoms with Crippen LogP contribution in [-0.4, -0.2) is 59.0 Å². The lowest BCUT2D eigenvalue weighted by Crippen LogP contribution is -2.53. The molecule has 2 aromatic carbocycles. The van der Waals surface area contributed by atoms with E-state index in [2.05, 4.69) is 10.3 Å². The molecule has 3 heterocycles. The monoisotopic (exact) mass is 458 g/mol. The second-order valence-electron chi connectivity index (χ2n) is 9.95. The molecule has 1 saturated carbocycles. The Bertz CT molecular complexity index is 1270. The summed E-state index contributed by atoms with van der Waals surface area (Å²) in [4.78, 5) is 34.4. The zero-order valence-corrected chi connectivity index (χ0v) is 19.6. The van der Waals surface area contributed by atoms with Gasteiger partial charge in [-0.25, -0.2) is 4.79 Å². The molecule has 2 N–H and O–H groups in total. The van der Waals surface area contributed by atoms with E-state index in [0.717, 1.165) is 45.9 Å². The zero-order chi connectivity index (χ0) is 23.4. The first-order chi connectivity index (χ1) is 16.5. The molecule has 2 fully saturated rings. The Balaban J connectivity index is 1.42. The number of nitrogens with one attached hydrogen (secondary N) is 2. The molecule has 2 atom stereocenters. The summed E-state index contributed by atoms with van der Waals surface area (Å²) in [6.45, 7) is 3.89. The minimum Gasteiger partial charge on any atom is -0.497 e. The average Bonchev–Trinajstić information content (AvgIpc) is 3.59. The third kappa shape index (κ3) is 3.21. The first-order valence-corrected chi connectivity index (χ1v) is 12.1. The van der Waals surface area contributed by atoms with Gasteiger partial charge in [0.05, 0.1) is 7.11 Å². The molecule has 0 bridgehead atoms. The van der Waals surface area contributed by atoms with E-state index in [4.69, 9.17) is 4.74 Å². The maximum absolute atomic E-state index is 13.8. The van der Waals surface area contributed by atoms with E-state index in [9.17, 15) is 9.59 Å². The van der Waals surface area contributed by atoms with Gasteiger partial charge in [0.15, 0.2) is 0 Å². The molecule has 1 saturated heterocycles. The number of urea groups is 1. The number of ether oxygens (including phenoxy) is 1. The number of hydrogen-bond donors (Lipinski definition) is 2. The number of amides is 3. The van der Waals surface area contributed by atoms with Crippen LogP contribution in [0.15, 0.2) is 48.5 Å². The lowest BCUT2D eigenvalue weighted by Gasteiger charge is -2.42. The van der Waals surface area contributed by atoms with Crippen molar-refractivity contribution in [2.75, 3.05) is 26.7 Å². The summed E-state index contributed by atoms with van der Waals surface area (Å²) in [6.07, 6.45) is 3.01. The van der Waals surface area contributed by atoms with Crippen LogP contribution in [0.25, 0.3) is 10.9 Å². The van der Waals surface area contributed by atoms with Crippen LogP contribution in [0, 0.1) is 5.92 Å². The molecule has 1 unspecified atom stereocenters. The SMILES string of the molecule is COc1ccc2[nH]c3c(c2c1)C[C@@]1(C)C(=O)N(CCNCC2CC2)C(=O)N1C3c1ccccc1. The highest BCUT2D eigenvalue weighted by Gasteiger charge is 2.60. The summed E-state index contributed by atoms with van der Waals surface area (Å²) >= 11 is 0. The fourth-order valence-corrected chi connectivity index (χ4v) is 5.62. The zero-order valence-electron chi connectivity index (χ0n) is 19.6. The van der Waals surface area contributed by atoms with Gasteiger partial charge in [0.2, 0.25) is 0 Å². The van der Waals surface area contributed by atoms with E-state index >= 15 is 0 Å². The van der Waals surface area contributed by atoms with Crippen LogP contribution in [0.5, 0.6) is 5.75 Å². The fourth-order valence-electron chi connectivity index (χ4n) is 5.62. The van der Waals surface area contributed by atoms with E-state index in [1.807, 2.05) is 55.5 Å². The number of benzene rings is 2. The van der Waals surface area contributed by atoms with Crippen LogP contribution in [0.2, 0.25) is 0 Å². The molecular formula is C27H30N4O3. The van der Waals surface area contributed by atoms with Crippen molar-refractivity contribution in [3.05, 3.63) is 65.4 Å². The van der Waals surface area contributed by atoms with Crippen LogP contribution in [0.1, 0.15) is 42.6 Å². The minimum absolute atomic E-state index is 0.116. The summed E-state index contributed by atoms with van der Waals surface area (Å²) in [7, 11) is 1.66. The van der Waals surface area contributed by atoms with Crippen LogP contribution < -0.4 is 10.1 Å². The van der Waals surface area contributed by atoms with E-state index in [0.29, 0.717) is 19.5 Å². The lowest BCUT2D eigenvalue weighted by atomic mass is 9.81. The smallest absolute Gasteiger partial charge is 0.328 e. The van der Waals surface area contributed by atoms with Crippen molar-refractivity contribution in [2.24, 2.45) is 5.92 Å². The number of hydrogen-bond acceptors (Lipinski definition) is 4. The van der Waals surface area contributed by atoms with E-state index in [-0.39, 0.29) is 18.0 Å². The molecule has 1 aliphatic carbocycles. The molecule has 0 radical (unpaired) electrons. The van der Waals surface area contributed by atoms with Gasteiger partial charge in [0.1, 0.15) is 17.3 Å². The maximum atomic E-state index is 13.8. The van der Waals surface area contributed by atoms with E-state index in [1.54, 1.807) is 12.0 Å². The Labute approximate surface area is 199 Å². The third-order valence-corrected chi connectivity index (χ3v) is 7.63. The summed E-state index contributed by atoms with van der Waals surface area (Å²) in [5.74, 6) is 1.41. The standard InChI is InChI=1S/C27H30N4O3/c1-27-15-21-20-14-19(34-2)10-11-22(20)29-23(21)24(18-6-4-3-5-7-18)31(27)26(33)30(25(27)32)13-12-28-16-17-8-9-17/h3-7,10-11,14,17,24,28-29H,8-9,12-13,15-16H2,1-2H3/t24?,27-/m0/s1. The predicted molar refractivity (Wildman–Crippen MR) is 130 cm³/mol. The summed E-state index contributed by atoms with van der Waals surface area (Å²) in [5, 5.41) is 4.46. The number of carbonyl (C=O) groups excluding carboxylic acids is 2. The van der Waals surface area contributed by atoms with Gasteiger partial charge >= 0.3 is 6.03 Å². The Morgan fingerprint density at radius 1 is 1.15 bits per heavy atom. The number of carbonyl (C=O) groups is 2. The normalized spacial score (nSPS) is 24.0. The van der Waals surface area contributed by atoms with Gasteiger partial charge in [-0.1, -0.05) is 30.3 Å². The van der Waals surface area contributed by atoms with Crippen LogP contribution in [-0.2, 0) is 11.2 Å². The second kappa shape index (κ2) is 7.87. The highest BCUT2D eigenvalue weighted by atomic mass is 16.5. The van der Waals surface area contributed by atoms with Crippen molar-refractivity contribution in [1.82, 2.24) is 20.1 Å². The Kier molecular flexibility index (Phi) is 4.92. The molecule has 1 aromatic heterocycles. The number of fused-ring (bicyclic) bond motifs is 4. The fraction of sp³-hybridized carbons (Fsp3) is 0.407. The highest BCUT2D eigenvalue weighted by molar-refractivity contribution is 6.08. The van der Waals surface area contributed by atoms with Gasteiger partial charge in [-0.3, -0.25) is 14.6 Å². The number of imide groups is 1. The topological polar surface area (TPSA) is 77.7 Å². The number of rotatable bonds is 7. The number of nitrogens with zero attached hydrogens (tertiary/aromatic N) is 2. The molecule has 6 rings (SSSR count). The van der Waals surface area contributed by atoms with Crippen molar-refractivity contribution >= 4 is 22.8 Å². The maximum Gasteiger partial charge on any atom is 0.328 e. The van der Waals surface area contributed by atoms with Gasteiger partial charge in [-0.2, -0.15) is 0 Å². The van der Waals surface area contributed by atoms with Crippen molar-refractivity contribution < 1.29 is 14.3 Å². The van der Waals surface area contributed by atoms with Crippen molar-refractivity contribution in [3.63, 3.8) is 0 Å². The molecule has 3 amide bonds. The summed E-state index contributed by atoms with van der Waals surface area (Å²) in [6, 6.07) is 15.4. The molecule has 3 aromatic rings. The molecule has 0 spiro atoms. The highest BCUT2D eigenvalue weighted by Crippen LogP contribution is 2.48. The van der Waals surface area contributed by atoms with Crippen LogP contribution >= 0.6 is 0 Å². The number of H-pyrrole nitrogens is 1. The number of aromatic nitrogens is 1. The van der Waals surface area contributed by atoms with Crippen molar-refractivity contribution in [2.45, 2.75) is 37.8 Å². The molecule has 3 aliphatic rings. The first kappa shape index (κ1) is 21.2. The van der Waals surface area contributed by atoms with Gasteiger partial charge in [0.25, 0.3) is 5.91 Å². The summed E-state index contributed by atoms with van der Waals surface area (Å²) < 4.78 is 5.48. The minimum atomic E-state index is -0.945. The number of methoxy groups -OCH3 is 1. The summed E-state index contributed by atoms with van der Waals surface area (Å²) in [5.41, 5.74) is 3.08. The van der Waals surface area contributed by atoms with Crippen LogP contribution in [0.4, 0.5) is 4.79 Å². The second-order valence-corrected chi connectivity index (χ2v) is 9.95. The van der Waals surface area contributed by atoms with Gasteiger partial charge < -0.3 is 15.0 Å². The van der Waals surface area contributed by atoms with Crippen molar-refractivity contribution in [3.8, 4) is 5.75 Å². The van der Waals surface area contributed by atoms with E-state index < -0.39 is 5.54 Å². The Hall–Kier alpha value is -3.32. The van der Waals surface area contributed by atoms with Crippen molar-refractivity contribution in [1.29, 1.82) is 0 Å². The van der Waals surface area contributed by atoms with Gasteiger partial charge in [-0.15, -0.1) is 0 Å². The predicted octanol–water partition coefficient (Wildman–Crippen LogP) is 3.84. The molecule has 7 nitrogen and oxygen atoms in total. The van der Waals surface area contributed by atoms with Gasteiger partial charge in [0, 0.05) is 36.1 Å². The van der Waals surface area contributed by atoms with Crippen LogP contribution in [0.3, 0.4) is 0 Å². The first-order valence-electron chi connectivity index (χ1n) is 12.1. The molecular weight excluding hydrogens is 428 g/mol. The lowest BCUT2D eigenvalue weighted by molar-refractivity contribution is -0.133. The molecule has 34 heavy (non-hydrogen) atoms. The largest absolute Gasteiger partial charge is 0.497 e. The van der Waals surface area contributed by atoms with E-state index in [1.165, 1.54) is 17.7 Å².